The summed E-state index contributed by atoms with van der Waals surface area (Å²) in [4.78, 5) is 11.4. The van der Waals surface area contributed by atoms with E-state index in [0.29, 0.717) is 0 Å². The van der Waals surface area contributed by atoms with Crippen molar-refractivity contribution in [2.24, 2.45) is 5.73 Å². The Morgan fingerprint density at radius 1 is 1.30 bits per heavy atom. The summed E-state index contributed by atoms with van der Waals surface area (Å²) >= 11 is 0. The van der Waals surface area contributed by atoms with E-state index < -0.39 is 6.10 Å². The number of aliphatic hydroxyl groups is 1. The third kappa shape index (κ3) is 6.04. The van der Waals surface area contributed by atoms with E-state index in [9.17, 15) is 9.90 Å². The monoisotopic (exact) mass is 280 g/mol. The number of rotatable bonds is 7. The summed E-state index contributed by atoms with van der Waals surface area (Å²) in [5, 5.41) is 12.6. The van der Waals surface area contributed by atoms with Crippen molar-refractivity contribution in [3.05, 3.63) is 29.8 Å². The smallest absolute Gasteiger partial charge is 0.221 e. The summed E-state index contributed by atoms with van der Waals surface area (Å²) in [6.45, 7) is 5.85. The molecule has 0 fully saturated rings. The van der Waals surface area contributed by atoms with Gasteiger partial charge in [-0.05, 0) is 38.5 Å². The normalized spacial score (nSPS) is 13.9. The molecule has 0 saturated carbocycles. The second-order valence-corrected chi connectivity index (χ2v) is 5.24. The quantitative estimate of drug-likeness (QED) is 0.704. The van der Waals surface area contributed by atoms with Gasteiger partial charge in [0.05, 0.1) is 12.2 Å². The van der Waals surface area contributed by atoms with E-state index in [-0.39, 0.29) is 31.0 Å². The second kappa shape index (κ2) is 7.87. The molecule has 0 bridgehead atoms. The Kier molecular flexibility index (Phi) is 6.48. The van der Waals surface area contributed by atoms with Crippen LogP contribution in [0.3, 0.4) is 0 Å². The van der Waals surface area contributed by atoms with E-state index in [2.05, 4.69) is 5.32 Å². The number of hydrogen-bond acceptors (Lipinski definition) is 4. The van der Waals surface area contributed by atoms with Gasteiger partial charge in [0.25, 0.3) is 0 Å². The molecule has 1 aromatic rings. The molecule has 1 aromatic carbocycles. The number of hydrogen-bond donors (Lipinski definition) is 3. The van der Waals surface area contributed by atoms with Crippen molar-refractivity contribution in [1.29, 1.82) is 0 Å². The molecule has 0 aromatic heterocycles. The van der Waals surface area contributed by atoms with E-state index in [1.807, 2.05) is 26.0 Å². The SMILES string of the molecule is CC(N)CC(=O)NCC(O)c1ccc(OC(C)C)cc1. The summed E-state index contributed by atoms with van der Waals surface area (Å²) in [6, 6.07) is 7.02. The average Bonchev–Trinajstić information content (AvgIpc) is 2.35. The van der Waals surface area contributed by atoms with Crippen LogP contribution < -0.4 is 15.8 Å². The van der Waals surface area contributed by atoms with Gasteiger partial charge >= 0.3 is 0 Å². The van der Waals surface area contributed by atoms with Crippen molar-refractivity contribution < 1.29 is 14.6 Å². The molecule has 0 saturated heterocycles. The Hall–Kier alpha value is -1.59. The van der Waals surface area contributed by atoms with Gasteiger partial charge in [0, 0.05) is 19.0 Å². The van der Waals surface area contributed by atoms with Gasteiger partial charge in [-0.25, -0.2) is 0 Å². The number of carbonyl (C=O) groups is 1. The molecule has 4 N–H and O–H groups in total. The van der Waals surface area contributed by atoms with Crippen molar-refractivity contribution in [3.63, 3.8) is 0 Å². The first-order valence-corrected chi connectivity index (χ1v) is 6.85. The molecular formula is C15H24N2O3. The highest BCUT2D eigenvalue weighted by molar-refractivity contribution is 5.76. The van der Waals surface area contributed by atoms with Crippen LogP contribution in [0.25, 0.3) is 0 Å². The fourth-order valence-electron chi connectivity index (χ4n) is 1.73. The first-order chi connectivity index (χ1) is 9.38. The van der Waals surface area contributed by atoms with Crippen molar-refractivity contribution in [3.8, 4) is 5.75 Å². The zero-order valence-electron chi connectivity index (χ0n) is 12.3. The molecule has 2 atom stereocenters. The molecule has 1 amide bonds. The van der Waals surface area contributed by atoms with Crippen LogP contribution in [0, 0.1) is 0 Å². The maximum Gasteiger partial charge on any atom is 0.221 e. The molecule has 2 unspecified atom stereocenters. The lowest BCUT2D eigenvalue weighted by Crippen LogP contribution is -2.32. The molecular weight excluding hydrogens is 256 g/mol. The lowest BCUT2D eigenvalue weighted by atomic mass is 10.1. The Morgan fingerprint density at radius 2 is 1.90 bits per heavy atom. The first kappa shape index (κ1) is 16.5. The van der Waals surface area contributed by atoms with Crippen molar-refractivity contribution >= 4 is 5.91 Å². The van der Waals surface area contributed by atoms with Crippen molar-refractivity contribution in [2.45, 2.75) is 45.4 Å². The summed E-state index contributed by atoms with van der Waals surface area (Å²) in [7, 11) is 0. The number of ether oxygens (including phenoxy) is 1. The van der Waals surface area contributed by atoms with Crippen LogP contribution in [0.2, 0.25) is 0 Å². The van der Waals surface area contributed by atoms with Gasteiger partial charge in [0.1, 0.15) is 5.75 Å². The van der Waals surface area contributed by atoms with Gasteiger partial charge in [-0.15, -0.1) is 0 Å². The van der Waals surface area contributed by atoms with Gasteiger partial charge in [0.2, 0.25) is 5.91 Å². The molecule has 0 radical (unpaired) electrons. The number of amides is 1. The van der Waals surface area contributed by atoms with Crippen molar-refractivity contribution in [1.82, 2.24) is 5.32 Å². The molecule has 1 rings (SSSR count). The summed E-state index contributed by atoms with van der Waals surface area (Å²) in [5.41, 5.74) is 6.27. The minimum absolute atomic E-state index is 0.114. The standard InChI is InChI=1S/C15H24N2O3/c1-10(2)20-13-6-4-12(5-7-13)14(18)9-17-15(19)8-11(3)16/h4-7,10-11,14,18H,8-9,16H2,1-3H3,(H,17,19). The maximum absolute atomic E-state index is 11.4. The Bertz CT molecular complexity index is 416. The average molecular weight is 280 g/mol. The minimum Gasteiger partial charge on any atom is -0.491 e. The minimum atomic E-state index is -0.736. The zero-order valence-corrected chi connectivity index (χ0v) is 12.3. The van der Waals surface area contributed by atoms with Crippen LogP contribution in [-0.2, 0) is 4.79 Å². The molecule has 0 aliphatic heterocycles. The van der Waals surface area contributed by atoms with E-state index in [1.54, 1.807) is 19.1 Å². The number of nitrogens with two attached hydrogens (primary N) is 1. The topological polar surface area (TPSA) is 84.6 Å². The highest BCUT2D eigenvalue weighted by Crippen LogP contribution is 2.18. The molecule has 0 aliphatic rings. The van der Waals surface area contributed by atoms with Gasteiger partial charge in [-0.3, -0.25) is 4.79 Å². The molecule has 5 nitrogen and oxygen atoms in total. The van der Waals surface area contributed by atoms with Gasteiger partial charge in [-0.1, -0.05) is 12.1 Å². The van der Waals surface area contributed by atoms with Crippen LogP contribution in [0.5, 0.6) is 5.75 Å². The number of aliphatic hydroxyl groups excluding tert-OH is 1. The van der Waals surface area contributed by atoms with E-state index in [1.165, 1.54) is 0 Å². The predicted octanol–water partition coefficient (Wildman–Crippen LogP) is 1.36. The largest absolute Gasteiger partial charge is 0.491 e. The summed E-state index contributed by atoms with van der Waals surface area (Å²) in [5.74, 6) is 0.607. The fraction of sp³-hybridized carbons (Fsp3) is 0.533. The van der Waals surface area contributed by atoms with Crippen LogP contribution in [0.1, 0.15) is 38.9 Å². The summed E-state index contributed by atoms with van der Waals surface area (Å²) in [6.07, 6.45) is -0.364. The molecule has 112 valence electrons. The third-order valence-corrected chi connectivity index (χ3v) is 2.64. The van der Waals surface area contributed by atoms with E-state index >= 15 is 0 Å². The maximum atomic E-state index is 11.4. The fourth-order valence-corrected chi connectivity index (χ4v) is 1.73. The van der Waals surface area contributed by atoms with Crippen LogP contribution >= 0.6 is 0 Å². The van der Waals surface area contributed by atoms with Gasteiger partial charge < -0.3 is 20.9 Å². The molecule has 0 aliphatic carbocycles. The Morgan fingerprint density at radius 3 is 2.40 bits per heavy atom. The molecule has 0 heterocycles. The predicted molar refractivity (Wildman–Crippen MR) is 78.4 cm³/mol. The van der Waals surface area contributed by atoms with Gasteiger partial charge in [-0.2, -0.15) is 0 Å². The Balaban J connectivity index is 2.47. The Labute approximate surface area is 120 Å². The van der Waals surface area contributed by atoms with E-state index in [0.717, 1.165) is 11.3 Å². The third-order valence-electron chi connectivity index (χ3n) is 2.64. The molecule has 20 heavy (non-hydrogen) atoms. The van der Waals surface area contributed by atoms with Crippen LogP contribution in [0.4, 0.5) is 0 Å². The second-order valence-electron chi connectivity index (χ2n) is 5.24. The number of benzene rings is 1. The van der Waals surface area contributed by atoms with Gasteiger partial charge in [0.15, 0.2) is 0 Å². The van der Waals surface area contributed by atoms with Crippen molar-refractivity contribution in [2.75, 3.05) is 6.54 Å². The van der Waals surface area contributed by atoms with Crippen LogP contribution in [0.15, 0.2) is 24.3 Å². The summed E-state index contributed by atoms with van der Waals surface area (Å²) < 4.78 is 5.53. The number of carbonyl (C=O) groups excluding carboxylic acids is 1. The molecule has 0 spiro atoms. The lowest BCUT2D eigenvalue weighted by molar-refractivity contribution is -0.121. The lowest BCUT2D eigenvalue weighted by Gasteiger charge is -2.14. The highest BCUT2D eigenvalue weighted by atomic mass is 16.5. The van der Waals surface area contributed by atoms with E-state index in [4.69, 9.17) is 10.5 Å². The zero-order chi connectivity index (χ0) is 15.1. The molecule has 5 heteroatoms. The first-order valence-electron chi connectivity index (χ1n) is 6.85. The van der Waals surface area contributed by atoms with Crippen LogP contribution in [-0.4, -0.2) is 29.7 Å². The highest BCUT2D eigenvalue weighted by Gasteiger charge is 2.11. The number of nitrogens with one attached hydrogen (secondary N) is 1.